The lowest BCUT2D eigenvalue weighted by atomic mass is 9.46. The summed E-state index contributed by atoms with van der Waals surface area (Å²) in [6.45, 7) is 8.84. The molecule has 2 saturated carbocycles. The Morgan fingerprint density at radius 3 is 2.74 bits per heavy atom. The summed E-state index contributed by atoms with van der Waals surface area (Å²) >= 11 is 0. The van der Waals surface area contributed by atoms with E-state index >= 15 is 0 Å². The van der Waals surface area contributed by atoms with E-state index in [0.717, 1.165) is 32.1 Å². The fraction of sp³-hybridized carbons (Fsp3) is 0.750. The van der Waals surface area contributed by atoms with Crippen molar-refractivity contribution in [3.05, 3.63) is 23.8 Å². The summed E-state index contributed by atoms with van der Waals surface area (Å²) in [4.78, 5) is 11.2. The predicted molar refractivity (Wildman–Crippen MR) is 90.9 cm³/mol. The second kappa shape index (κ2) is 5.77. The van der Waals surface area contributed by atoms with Gasteiger partial charge in [-0.2, -0.15) is 0 Å². The molecule has 128 valence electrons. The van der Waals surface area contributed by atoms with Crippen LogP contribution in [0.5, 0.6) is 0 Å². The van der Waals surface area contributed by atoms with Crippen molar-refractivity contribution >= 4 is 5.97 Å². The van der Waals surface area contributed by atoms with Crippen molar-refractivity contribution in [1.29, 1.82) is 0 Å². The average Bonchev–Trinajstić information content (AvgIpc) is 2.76. The van der Waals surface area contributed by atoms with E-state index in [9.17, 15) is 15.0 Å². The average molecular weight is 318 g/mol. The first kappa shape index (κ1) is 16.8. The monoisotopic (exact) mass is 318 g/mol. The van der Waals surface area contributed by atoms with Gasteiger partial charge in [0.05, 0.1) is 6.61 Å². The van der Waals surface area contributed by atoms with Crippen LogP contribution in [0.25, 0.3) is 0 Å². The van der Waals surface area contributed by atoms with Crippen LogP contribution in [0.15, 0.2) is 23.8 Å². The van der Waals surface area contributed by atoms with Gasteiger partial charge in [-0.15, -0.1) is 0 Å². The van der Waals surface area contributed by atoms with E-state index in [1.165, 1.54) is 17.6 Å². The van der Waals surface area contributed by atoms with E-state index < -0.39 is 5.97 Å². The molecule has 3 nitrogen and oxygen atoms in total. The Morgan fingerprint density at radius 2 is 2.13 bits per heavy atom. The van der Waals surface area contributed by atoms with Crippen LogP contribution in [-0.2, 0) is 4.79 Å². The van der Waals surface area contributed by atoms with Crippen molar-refractivity contribution in [2.75, 3.05) is 6.61 Å². The van der Waals surface area contributed by atoms with E-state index in [2.05, 4.69) is 26.5 Å². The minimum Gasteiger partial charge on any atom is -0.481 e. The van der Waals surface area contributed by atoms with Gasteiger partial charge < -0.3 is 10.2 Å². The van der Waals surface area contributed by atoms with Gasteiger partial charge in [0, 0.05) is 6.42 Å². The van der Waals surface area contributed by atoms with Crippen LogP contribution in [0.1, 0.15) is 58.8 Å². The van der Waals surface area contributed by atoms with Gasteiger partial charge in [0.25, 0.3) is 0 Å². The Bertz CT molecular complexity index is 549. The van der Waals surface area contributed by atoms with E-state index in [1.54, 1.807) is 0 Å². The van der Waals surface area contributed by atoms with Crippen molar-refractivity contribution in [3.8, 4) is 0 Å². The molecule has 0 unspecified atom stereocenters. The van der Waals surface area contributed by atoms with Gasteiger partial charge in [-0.3, -0.25) is 4.79 Å². The standard InChI is InChI=1S/C20H30O3/c1-13(2)16-6-9-20-10-14(15(11-20)12-21)4-5-17(20)19(16,3)8-7-18(22)23/h11,14,16-17,21H,1,4-10,12H2,2-3H3,(H,22,23)/t14-,16-,17+,19-,20+/m1/s1. The number of hydrogen-bond acceptors (Lipinski definition) is 2. The van der Waals surface area contributed by atoms with Crippen LogP contribution in [-0.4, -0.2) is 22.8 Å². The number of allylic oxidation sites excluding steroid dienone is 2. The molecule has 0 radical (unpaired) electrons. The van der Waals surface area contributed by atoms with Crippen LogP contribution >= 0.6 is 0 Å². The Morgan fingerprint density at radius 1 is 1.39 bits per heavy atom. The lowest BCUT2D eigenvalue weighted by Gasteiger charge is -2.58. The van der Waals surface area contributed by atoms with Crippen molar-refractivity contribution < 1.29 is 15.0 Å². The van der Waals surface area contributed by atoms with E-state index in [4.69, 9.17) is 0 Å². The van der Waals surface area contributed by atoms with Gasteiger partial charge in [-0.1, -0.05) is 25.2 Å². The number of fused-ring (bicyclic) bond motifs is 1. The van der Waals surface area contributed by atoms with Crippen LogP contribution in [0.3, 0.4) is 0 Å². The third-order valence-corrected chi connectivity index (χ3v) is 7.27. The Balaban J connectivity index is 1.97. The molecule has 3 aliphatic carbocycles. The van der Waals surface area contributed by atoms with E-state index in [-0.39, 0.29) is 23.9 Å². The summed E-state index contributed by atoms with van der Waals surface area (Å²) < 4.78 is 0. The summed E-state index contributed by atoms with van der Waals surface area (Å²) in [5.74, 6) is 0.796. The molecule has 0 saturated heterocycles. The summed E-state index contributed by atoms with van der Waals surface area (Å²) in [6, 6.07) is 0. The molecule has 2 fully saturated rings. The molecule has 0 amide bonds. The topological polar surface area (TPSA) is 57.5 Å². The summed E-state index contributed by atoms with van der Waals surface area (Å²) in [5.41, 5.74) is 2.65. The molecule has 0 aromatic rings. The van der Waals surface area contributed by atoms with E-state index in [1.807, 2.05) is 0 Å². The maximum absolute atomic E-state index is 11.2. The van der Waals surface area contributed by atoms with Crippen LogP contribution < -0.4 is 0 Å². The first-order valence-electron chi connectivity index (χ1n) is 9.02. The number of carboxylic acids is 1. The molecule has 0 heterocycles. The number of aliphatic carboxylic acids is 1. The molecule has 5 atom stereocenters. The van der Waals surface area contributed by atoms with Gasteiger partial charge >= 0.3 is 5.97 Å². The smallest absolute Gasteiger partial charge is 0.303 e. The van der Waals surface area contributed by atoms with Gasteiger partial charge in [0.1, 0.15) is 0 Å². The molecule has 3 aliphatic rings. The highest BCUT2D eigenvalue weighted by Gasteiger charge is 2.58. The third kappa shape index (κ3) is 2.57. The first-order valence-corrected chi connectivity index (χ1v) is 9.02. The number of carbonyl (C=O) groups is 1. The molecule has 2 N–H and O–H groups in total. The molecule has 1 spiro atoms. The van der Waals surface area contributed by atoms with E-state index in [0.29, 0.717) is 17.8 Å². The second-order valence-corrected chi connectivity index (χ2v) is 8.48. The minimum atomic E-state index is -0.696. The molecular weight excluding hydrogens is 288 g/mol. The molecule has 0 aromatic carbocycles. The Kier molecular flexibility index (Phi) is 4.20. The van der Waals surface area contributed by atoms with Crippen molar-refractivity contribution in [1.82, 2.24) is 0 Å². The fourth-order valence-electron chi connectivity index (χ4n) is 6.35. The van der Waals surface area contributed by atoms with Crippen molar-refractivity contribution in [3.63, 3.8) is 0 Å². The van der Waals surface area contributed by atoms with Crippen LogP contribution in [0.2, 0.25) is 0 Å². The molecule has 2 bridgehead atoms. The summed E-state index contributed by atoms with van der Waals surface area (Å²) in [7, 11) is 0. The van der Waals surface area contributed by atoms with Crippen molar-refractivity contribution in [2.24, 2.45) is 28.6 Å². The van der Waals surface area contributed by atoms with Crippen LogP contribution in [0.4, 0.5) is 0 Å². The van der Waals surface area contributed by atoms with Gasteiger partial charge in [-0.25, -0.2) is 0 Å². The number of rotatable bonds is 5. The predicted octanol–water partition coefficient (Wildman–Crippen LogP) is 4.18. The number of aliphatic hydroxyl groups excluding tert-OH is 1. The highest BCUT2D eigenvalue weighted by atomic mass is 16.4. The highest BCUT2D eigenvalue weighted by molar-refractivity contribution is 5.66. The summed E-state index contributed by atoms with van der Waals surface area (Å²) in [6.07, 6.45) is 9.10. The minimum absolute atomic E-state index is 0.00878. The number of carboxylic acid groups (broad SMARTS) is 1. The normalized spacial score (nSPS) is 42.0. The molecule has 3 heteroatoms. The SMILES string of the molecule is C=C(C)[C@H]1CC[C@]23C=C(CO)[C@H](CC[C@H]2[C@]1(C)CCC(=O)O)C3. The lowest BCUT2D eigenvalue weighted by molar-refractivity contribution is -0.139. The van der Waals surface area contributed by atoms with Crippen molar-refractivity contribution in [2.45, 2.75) is 58.8 Å². The van der Waals surface area contributed by atoms with Crippen LogP contribution in [0, 0.1) is 28.6 Å². The number of hydrogen-bond donors (Lipinski definition) is 2. The molecule has 0 aliphatic heterocycles. The fourth-order valence-corrected chi connectivity index (χ4v) is 6.35. The zero-order chi connectivity index (χ0) is 16.8. The largest absolute Gasteiger partial charge is 0.481 e. The quantitative estimate of drug-likeness (QED) is 0.748. The molecule has 23 heavy (non-hydrogen) atoms. The second-order valence-electron chi connectivity index (χ2n) is 8.48. The molecular formula is C20H30O3. The van der Waals surface area contributed by atoms with Gasteiger partial charge in [-0.05, 0) is 79.6 Å². The zero-order valence-electron chi connectivity index (χ0n) is 14.5. The third-order valence-electron chi connectivity index (χ3n) is 7.27. The maximum atomic E-state index is 11.2. The lowest BCUT2D eigenvalue weighted by Crippen LogP contribution is -2.50. The molecule has 3 rings (SSSR count). The van der Waals surface area contributed by atoms with Gasteiger partial charge in [0.2, 0.25) is 0 Å². The highest BCUT2D eigenvalue weighted by Crippen LogP contribution is 2.67. The Hall–Kier alpha value is -1.09. The maximum Gasteiger partial charge on any atom is 0.303 e. The number of aliphatic hydroxyl groups is 1. The molecule has 0 aromatic heterocycles. The summed E-state index contributed by atoms with van der Waals surface area (Å²) in [5, 5.41) is 18.9. The van der Waals surface area contributed by atoms with Gasteiger partial charge in [0.15, 0.2) is 0 Å². The first-order chi connectivity index (χ1) is 10.8. The Labute approximate surface area is 139 Å². The zero-order valence-corrected chi connectivity index (χ0v) is 14.5.